The summed E-state index contributed by atoms with van der Waals surface area (Å²) in [7, 11) is -2.23. The largest absolute Gasteiger partial charge is 0.461 e. The van der Waals surface area contributed by atoms with Crippen LogP contribution in [-0.2, 0) is 11.2 Å². The molecule has 1 aromatic heterocycles. The van der Waals surface area contributed by atoms with Gasteiger partial charge < -0.3 is 9.53 Å². The third-order valence-corrected chi connectivity index (χ3v) is 8.01. The molecule has 0 aliphatic heterocycles. The van der Waals surface area contributed by atoms with E-state index in [0.717, 1.165) is 23.0 Å². The number of nitrogens with zero attached hydrogens (tertiary/aromatic N) is 1. The number of rotatable bonds is 6. The van der Waals surface area contributed by atoms with E-state index in [1.165, 1.54) is 0 Å². The Labute approximate surface area is 136 Å². The van der Waals surface area contributed by atoms with Gasteiger partial charge in [0, 0.05) is 10.2 Å². The second-order valence-electron chi connectivity index (χ2n) is 6.33. The molecule has 4 nitrogen and oxygen atoms in total. The zero-order valence-corrected chi connectivity index (χ0v) is 16.0. The number of pyridine rings is 1. The van der Waals surface area contributed by atoms with E-state index < -0.39 is 14.3 Å². The van der Waals surface area contributed by atoms with Crippen molar-refractivity contribution in [3.05, 3.63) is 28.0 Å². The summed E-state index contributed by atoms with van der Waals surface area (Å²) in [5, 5.41) is -0.110. The second-order valence-corrected chi connectivity index (χ2v) is 11.7. The van der Waals surface area contributed by atoms with Crippen LogP contribution in [0.25, 0.3) is 0 Å². The van der Waals surface area contributed by atoms with Crippen molar-refractivity contribution in [3.63, 3.8) is 0 Å². The Morgan fingerprint density at radius 2 is 2.05 bits per heavy atom. The van der Waals surface area contributed by atoms with Gasteiger partial charge in [0.1, 0.15) is 5.69 Å². The van der Waals surface area contributed by atoms with Gasteiger partial charge in [-0.25, -0.2) is 9.78 Å². The van der Waals surface area contributed by atoms with Gasteiger partial charge in [-0.2, -0.15) is 0 Å². The summed E-state index contributed by atoms with van der Waals surface area (Å²) < 4.78 is 5.80. The lowest BCUT2D eigenvalue weighted by Gasteiger charge is -2.35. The highest BCUT2D eigenvalue weighted by Gasteiger charge is 2.37. The molecule has 1 rings (SSSR count). The third kappa shape index (κ3) is 5.20. The first-order valence-corrected chi connectivity index (χ1v) is 10.9. The van der Waals surface area contributed by atoms with Crippen LogP contribution in [0.15, 0.2) is 16.6 Å². The quantitative estimate of drug-likeness (QED) is 0.605. The van der Waals surface area contributed by atoms with E-state index in [0.29, 0.717) is 12.3 Å². The number of halogens is 1. The summed E-state index contributed by atoms with van der Waals surface area (Å²) in [5.74, 6) is -0.406. The van der Waals surface area contributed by atoms with Crippen LogP contribution < -0.4 is 0 Å². The zero-order chi connectivity index (χ0) is 16.3. The first kappa shape index (κ1) is 18.3. The Morgan fingerprint density at radius 3 is 2.57 bits per heavy atom. The highest BCUT2D eigenvalue weighted by Crippen LogP contribution is 2.39. The van der Waals surface area contributed by atoms with Crippen molar-refractivity contribution < 1.29 is 14.3 Å². The number of ether oxygens (including phenoxy) is 1. The summed E-state index contributed by atoms with van der Waals surface area (Å²) in [5.41, 5.74) is 1.15. The maximum absolute atomic E-state index is 11.8. The smallest absolute Gasteiger partial charge is 0.356 e. The molecule has 0 bridgehead atoms. The normalized spacial score (nSPS) is 12.3. The minimum absolute atomic E-state index is 0.110. The van der Waals surface area contributed by atoms with Crippen LogP contribution in [0, 0.1) is 0 Å². The Morgan fingerprint density at radius 1 is 1.43 bits per heavy atom. The predicted octanol–water partition coefficient (Wildman–Crippen LogP) is 3.93. The lowest BCUT2D eigenvalue weighted by molar-refractivity contribution is 0.0519. The van der Waals surface area contributed by atoms with Crippen LogP contribution in [0.2, 0.25) is 18.1 Å². The third-order valence-electron chi connectivity index (χ3n) is 3.99. The molecule has 0 amide bonds. The average molecular weight is 374 g/mol. The van der Waals surface area contributed by atoms with E-state index in [1.54, 1.807) is 13.0 Å². The molecule has 0 unspecified atom stereocenters. The topological polar surface area (TPSA) is 59.4 Å². The Kier molecular flexibility index (Phi) is 6.13. The van der Waals surface area contributed by atoms with Gasteiger partial charge in [-0.05, 0) is 50.0 Å². The van der Waals surface area contributed by atoms with Gasteiger partial charge in [-0.15, -0.1) is 0 Å². The number of aromatic nitrogens is 1. The molecule has 1 aromatic rings. The van der Waals surface area contributed by atoms with E-state index in [4.69, 9.17) is 4.74 Å². The number of carbonyl (C=O) groups is 1. The van der Waals surface area contributed by atoms with Gasteiger partial charge in [0.05, 0.1) is 6.61 Å². The predicted molar refractivity (Wildman–Crippen MR) is 90.0 cm³/mol. The molecule has 6 heteroatoms. The molecule has 1 N–H and O–H groups in total. The lowest BCUT2D eigenvalue weighted by atomic mass is 10.0. The van der Waals surface area contributed by atoms with Crippen LogP contribution in [0.1, 0.15) is 43.4 Å². The van der Waals surface area contributed by atoms with Crippen molar-refractivity contribution in [2.75, 3.05) is 6.61 Å². The lowest BCUT2D eigenvalue weighted by Crippen LogP contribution is -2.39. The van der Waals surface area contributed by atoms with E-state index in [1.807, 2.05) is 19.2 Å². The van der Waals surface area contributed by atoms with Crippen LogP contribution in [0.5, 0.6) is 0 Å². The SMILES string of the molecule is CCOC(=O)c1cc(Br)cc(CCC(C)(C)[Si](C)(C)O)n1. The molecule has 0 saturated heterocycles. The fourth-order valence-electron chi connectivity index (χ4n) is 1.73. The number of aryl methyl sites for hydroxylation is 1. The van der Waals surface area contributed by atoms with Crippen molar-refractivity contribution in [2.45, 2.75) is 51.7 Å². The maximum atomic E-state index is 11.8. The molecule has 0 aliphatic rings. The summed E-state index contributed by atoms with van der Waals surface area (Å²) in [6.07, 6.45) is 1.55. The van der Waals surface area contributed by atoms with Gasteiger partial charge in [-0.3, -0.25) is 0 Å². The van der Waals surface area contributed by atoms with Crippen molar-refractivity contribution in [3.8, 4) is 0 Å². The molecular formula is C15H24BrNO3Si. The summed E-state index contributed by atoms with van der Waals surface area (Å²) in [4.78, 5) is 26.5. The fraction of sp³-hybridized carbons (Fsp3) is 0.600. The maximum Gasteiger partial charge on any atom is 0.356 e. The van der Waals surface area contributed by atoms with Crippen LogP contribution in [0.3, 0.4) is 0 Å². The monoisotopic (exact) mass is 373 g/mol. The molecule has 0 radical (unpaired) electrons. The molecule has 1 heterocycles. The van der Waals surface area contributed by atoms with Crippen molar-refractivity contribution >= 4 is 30.2 Å². The van der Waals surface area contributed by atoms with Crippen LogP contribution in [-0.4, -0.2) is 30.7 Å². The molecular weight excluding hydrogens is 350 g/mol. The first-order chi connectivity index (χ1) is 9.56. The van der Waals surface area contributed by atoms with Crippen LogP contribution in [0.4, 0.5) is 0 Å². The Bertz CT molecular complexity index is 512. The van der Waals surface area contributed by atoms with E-state index in [2.05, 4.69) is 34.8 Å². The first-order valence-electron chi connectivity index (χ1n) is 7.13. The van der Waals surface area contributed by atoms with E-state index in [9.17, 15) is 9.59 Å². The number of carbonyl (C=O) groups excluding carboxylic acids is 1. The summed E-state index contributed by atoms with van der Waals surface area (Å²) in [6.45, 7) is 10.2. The van der Waals surface area contributed by atoms with Gasteiger partial charge in [0.2, 0.25) is 0 Å². The fourth-order valence-corrected chi connectivity index (χ4v) is 2.95. The number of hydrogen-bond donors (Lipinski definition) is 1. The van der Waals surface area contributed by atoms with Gasteiger partial charge >= 0.3 is 5.97 Å². The highest BCUT2D eigenvalue weighted by molar-refractivity contribution is 9.10. The summed E-state index contributed by atoms with van der Waals surface area (Å²) in [6, 6.07) is 3.57. The summed E-state index contributed by atoms with van der Waals surface area (Å²) >= 11 is 3.40. The second kappa shape index (κ2) is 7.02. The Hall–Kier alpha value is -0.723. The molecule has 118 valence electrons. The molecule has 21 heavy (non-hydrogen) atoms. The molecule has 0 aliphatic carbocycles. The van der Waals surface area contributed by atoms with Crippen molar-refractivity contribution in [1.82, 2.24) is 4.98 Å². The standard InChI is InChI=1S/C15H24BrNO3Si/c1-6-20-14(18)13-10-11(16)9-12(17-13)7-8-15(2,3)21(4,5)19/h9-10,19H,6-8H2,1-5H3. The van der Waals surface area contributed by atoms with Gasteiger partial charge in [0.25, 0.3) is 0 Å². The molecule has 0 fully saturated rings. The van der Waals surface area contributed by atoms with Gasteiger partial charge in [0.15, 0.2) is 8.32 Å². The molecule has 0 spiro atoms. The Balaban J connectivity index is 2.88. The minimum atomic E-state index is -2.23. The van der Waals surface area contributed by atoms with E-state index in [-0.39, 0.29) is 5.04 Å². The van der Waals surface area contributed by atoms with Gasteiger partial charge in [-0.1, -0.05) is 29.8 Å². The number of hydrogen-bond acceptors (Lipinski definition) is 4. The zero-order valence-electron chi connectivity index (χ0n) is 13.4. The van der Waals surface area contributed by atoms with Crippen molar-refractivity contribution in [1.29, 1.82) is 0 Å². The molecule has 0 saturated carbocycles. The molecule has 0 atom stereocenters. The number of esters is 1. The molecule has 0 aromatic carbocycles. The van der Waals surface area contributed by atoms with Crippen molar-refractivity contribution in [2.24, 2.45) is 0 Å². The average Bonchev–Trinajstić information content (AvgIpc) is 2.35. The highest BCUT2D eigenvalue weighted by atomic mass is 79.9. The van der Waals surface area contributed by atoms with Crippen LogP contribution >= 0.6 is 15.9 Å². The van der Waals surface area contributed by atoms with E-state index >= 15 is 0 Å². The minimum Gasteiger partial charge on any atom is -0.461 e.